The Morgan fingerprint density at radius 1 is 1.50 bits per heavy atom. The number of aromatic nitrogens is 2. The van der Waals surface area contributed by atoms with E-state index in [-0.39, 0.29) is 18.8 Å². The van der Waals surface area contributed by atoms with Gasteiger partial charge in [-0.3, -0.25) is 4.79 Å². The zero-order valence-corrected chi connectivity index (χ0v) is 12.1. The van der Waals surface area contributed by atoms with E-state index in [0.717, 1.165) is 12.8 Å². The molecule has 1 heterocycles. The number of nitrogens with one attached hydrogen (secondary N) is 1. The normalized spacial score (nSPS) is 15.1. The van der Waals surface area contributed by atoms with E-state index in [1.165, 1.54) is 17.3 Å². The number of anilines is 1. The van der Waals surface area contributed by atoms with Crippen LogP contribution in [0.3, 0.4) is 0 Å². The van der Waals surface area contributed by atoms with Crippen molar-refractivity contribution in [3.05, 3.63) is 21.6 Å². The molecule has 0 unspecified atom stereocenters. The number of aliphatic hydroxyl groups is 1. The molecule has 2 N–H and O–H groups in total. The van der Waals surface area contributed by atoms with Crippen LogP contribution in [0.25, 0.3) is 0 Å². The molecular weight excluding hydrogens is 282 g/mol. The van der Waals surface area contributed by atoms with Crippen molar-refractivity contribution in [1.29, 1.82) is 0 Å². The number of hydrogen-bond donors (Lipinski definition) is 2. The van der Waals surface area contributed by atoms with Gasteiger partial charge in [-0.2, -0.15) is 5.10 Å². The number of ether oxygens (including phenoxy) is 1. The molecule has 0 saturated heterocycles. The van der Waals surface area contributed by atoms with Gasteiger partial charge in [-0.1, -0.05) is 18.0 Å². The quantitative estimate of drug-likeness (QED) is 0.704. The first kappa shape index (κ1) is 15.3. The van der Waals surface area contributed by atoms with Crippen molar-refractivity contribution in [2.24, 2.45) is 5.92 Å². The summed E-state index contributed by atoms with van der Waals surface area (Å²) >= 11 is 6.01. The molecule has 0 atom stereocenters. The molecule has 1 aliphatic carbocycles. The lowest BCUT2D eigenvalue weighted by molar-refractivity contribution is 0.0992. The van der Waals surface area contributed by atoms with Crippen molar-refractivity contribution in [2.45, 2.75) is 25.8 Å². The Morgan fingerprint density at radius 3 is 2.95 bits per heavy atom. The van der Waals surface area contributed by atoms with Crippen LogP contribution < -0.4 is 10.9 Å². The molecule has 112 valence electrons. The Morgan fingerprint density at radius 2 is 2.30 bits per heavy atom. The minimum atomic E-state index is -0.188. The smallest absolute Gasteiger partial charge is 0.291 e. The third-order valence-corrected chi connectivity index (χ3v) is 3.72. The minimum absolute atomic E-state index is 0.00972. The summed E-state index contributed by atoms with van der Waals surface area (Å²) in [4.78, 5) is 12.3. The molecule has 6 nitrogen and oxygen atoms in total. The Hall–Kier alpha value is -1.11. The maximum Gasteiger partial charge on any atom is 0.291 e. The van der Waals surface area contributed by atoms with Crippen molar-refractivity contribution >= 4 is 17.3 Å². The number of aliphatic hydroxyl groups excluding tert-OH is 1. The molecular formula is C13H20ClN3O3. The van der Waals surface area contributed by atoms with Gasteiger partial charge < -0.3 is 15.2 Å². The number of rotatable bonds is 8. The average molecular weight is 302 g/mol. The van der Waals surface area contributed by atoms with E-state index in [1.807, 2.05) is 0 Å². The predicted octanol–water partition coefficient (Wildman–Crippen LogP) is 1.12. The summed E-state index contributed by atoms with van der Waals surface area (Å²) in [6.45, 7) is 1.80. The third-order valence-electron chi connectivity index (χ3n) is 3.44. The number of halogens is 1. The molecule has 20 heavy (non-hydrogen) atoms. The fourth-order valence-corrected chi connectivity index (χ4v) is 2.28. The molecule has 0 aromatic carbocycles. The average Bonchev–Trinajstić information content (AvgIpc) is 2.39. The van der Waals surface area contributed by atoms with E-state index < -0.39 is 0 Å². The number of nitrogens with zero attached hydrogens (tertiary/aromatic N) is 2. The second-order valence-corrected chi connectivity index (χ2v) is 5.32. The molecule has 0 aliphatic heterocycles. The highest BCUT2D eigenvalue weighted by atomic mass is 35.5. The number of hydrogen-bond acceptors (Lipinski definition) is 5. The van der Waals surface area contributed by atoms with E-state index in [9.17, 15) is 4.79 Å². The molecule has 1 aliphatic rings. The van der Waals surface area contributed by atoms with Gasteiger partial charge in [-0.15, -0.1) is 0 Å². The van der Waals surface area contributed by atoms with Gasteiger partial charge >= 0.3 is 0 Å². The maximum atomic E-state index is 12.3. The molecule has 1 aromatic heterocycles. The Kier molecular flexibility index (Phi) is 5.82. The van der Waals surface area contributed by atoms with Crippen LogP contribution in [0, 0.1) is 5.92 Å². The van der Waals surface area contributed by atoms with Crippen LogP contribution in [0.5, 0.6) is 0 Å². The maximum absolute atomic E-state index is 12.3. The standard InChI is InChI=1S/C13H20ClN3O3/c14-11-8-16-17(9-10-2-1-3-10)13(19)12(11)15-4-6-20-7-5-18/h8,10,15,18H,1-7,9H2. The van der Waals surface area contributed by atoms with E-state index >= 15 is 0 Å². The first-order chi connectivity index (χ1) is 9.72. The highest BCUT2D eigenvalue weighted by Gasteiger charge is 2.20. The van der Waals surface area contributed by atoms with Crippen molar-refractivity contribution < 1.29 is 9.84 Å². The monoisotopic (exact) mass is 301 g/mol. The molecule has 0 bridgehead atoms. The zero-order chi connectivity index (χ0) is 14.4. The van der Waals surface area contributed by atoms with E-state index in [2.05, 4.69) is 10.4 Å². The van der Waals surface area contributed by atoms with Gasteiger partial charge in [0, 0.05) is 13.1 Å². The van der Waals surface area contributed by atoms with Gasteiger partial charge in [0.05, 0.1) is 31.0 Å². The summed E-state index contributed by atoms with van der Waals surface area (Å²) < 4.78 is 6.60. The summed E-state index contributed by atoms with van der Waals surface area (Å²) in [5.74, 6) is 0.558. The van der Waals surface area contributed by atoms with Crippen molar-refractivity contribution in [1.82, 2.24) is 9.78 Å². The molecule has 0 spiro atoms. The summed E-state index contributed by atoms with van der Waals surface area (Å²) in [6, 6.07) is 0. The first-order valence-electron chi connectivity index (χ1n) is 6.90. The third kappa shape index (κ3) is 3.94. The Bertz CT molecular complexity index is 488. The van der Waals surface area contributed by atoms with Gasteiger partial charge in [-0.05, 0) is 18.8 Å². The van der Waals surface area contributed by atoms with Gasteiger partial charge in [0.15, 0.2) is 0 Å². The topological polar surface area (TPSA) is 76.4 Å². The first-order valence-corrected chi connectivity index (χ1v) is 7.28. The lowest BCUT2D eigenvalue weighted by Crippen LogP contribution is -2.31. The van der Waals surface area contributed by atoms with Gasteiger partial charge in [0.2, 0.25) is 0 Å². The van der Waals surface area contributed by atoms with Crippen LogP contribution in [-0.2, 0) is 11.3 Å². The fourth-order valence-electron chi connectivity index (χ4n) is 2.09. The van der Waals surface area contributed by atoms with Crippen molar-refractivity contribution in [3.63, 3.8) is 0 Å². The lowest BCUT2D eigenvalue weighted by atomic mass is 9.85. The second kappa shape index (κ2) is 7.61. The van der Waals surface area contributed by atoms with Gasteiger partial charge in [0.1, 0.15) is 5.69 Å². The lowest BCUT2D eigenvalue weighted by Gasteiger charge is -2.25. The molecule has 7 heteroatoms. The van der Waals surface area contributed by atoms with Crippen LogP contribution in [0.4, 0.5) is 5.69 Å². The summed E-state index contributed by atoms with van der Waals surface area (Å²) in [5, 5.41) is 16.0. The summed E-state index contributed by atoms with van der Waals surface area (Å²) in [5.41, 5.74) is 0.181. The van der Waals surface area contributed by atoms with Crippen molar-refractivity contribution in [2.75, 3.05) is 31.7 Å². The molecule has 1 saturated carbocycles. The van der Waals surface area contributed by atoms with Gasteiger partial charge in [-0.25, -0.2) is 4.68 Å². The zero-order valence-electron chi connectivity index (χ0n) is 11.3. The largest absolute Gasteiger partial charge is 0.394 e. The SMILES string of the molecule is O=c1c(NCCOCCO)c(Cl)cnn1CC1CCC1. The van der Waals surface area contributed by atoms with Crippen molar-refractivity contribution in [3.8, 4) is 0 Å². The summed E-state index contributed by atoms with van der Waals surface area (Å²) in [6.07, 6.45) is 5.06. The molecule has 1 fully saturated rings. The molecule has 0 amide bonds. The van der Waals surface area contributed by atoms with Crippen LogP contribution in [0.15, 0.2) is 11.0 Å². The summed E-state index contributed by atoms with van der Waals surface area (Å²) in [7, 11) is 0. The molecule has 2 rings (SSSR count). The highest BCUT2D eigenvalue weighted by molar-refractivity contribution is 6.32. The Labute approximate surface area is 122 Å². The van der Waals surface area contributed by atoms with Crippen LogP contribution in [0.1, 0.15) is 19.3 Å². The van der Waals surface area contributed by atoms with Crippen LogP contribution >= 0.6 is 11.6 Å². The highest BCUT2D eigenvalue weighted by Crippen LogP contribution is 2.27. The molecule has 0 radical (unpaired) electrons. The fraction of sp³-hybridized carbons (Fsp3) is 0.692. The Balaban J connectivity index is 1.95. The second-order valence-electron chi connectivity index (χ2n) is 4.91. The minimum Gasteiger partial charge on any atom is -0.394 e. The molecule has 1 aromatic rings. The van der Waals surface area contributed by atoms with Crippen LogP contribution in [-0.4, -0.2) is 41.3 Å². The predicted molar refractivity (Wildman–Crippen MR) is 77.2 cm³/mol. The van der Waals surface area contributed by atoms with Gasteiger partial charge in [0.25, 0.3) is 5.56 Å². The van der Waals surface area contributed by atoms with E-state index in [0.29, 0.717) is 36.3 Å². The van der Waals surface area contributed by atoms with E-state index in [1.54, 1.807) is 0 Å². The van der Waals surface area contributed by atoms with E-state index in [4.69, 9.17) is 21.4 Å². The van der Waals surface area contributed by atoms with Crippen LogP contribution in [0.2, 0.25) is 5.02 Å².